The van der Waals surface area contributed by atoms with E-state index in [1.54, 1.807) is 18.2 Å². The Hall–Kier alpha value is -1.25. The fourth-order valence-electron chi connectivity index (χ4n) is 2.03. The van der Waals surface area contributed by atoms with Crippen LogP contribution in [0.2, 0.25) is 10.0 Å². The first-order valence-electron chi connectivity index (χ1n) is 5.55. The lowest BCUT2D eigenvalue weighted by Crippen LogP contribution is -2.02. The van der Waals surface area contributed by atoms with Crippen molar-refractivity contribution in [2.45, 2.75) is 4.90 Å². The average Bonchev–Trinajstić information content (AvgIpc) is 2.82. The van der Waals surface area contributed by atoms with Crippen LogP contribution in [0.25, 0.3) is 22.2 Å². The topological polar surface area (TPSA) is 80.2 Å². The third-order valence-electron chi connectivity index (χ3n) is 2.81. The van der Waals surface area contributed by atoms with Gasteiger partial charge >= 0.3 is 0 Å². The van der Waals surface area contributed by atoms with Crippen molar-refractivity contribution in [3.63, 3.8) is 0 Å². The third kappa shape index (κ3) is 2.75. The largest absolute Gasteiger partial charge is 0.297 e. The molecule has 0 atom stereocenters. The van der Waals surface area contributed by atoms with Gasteiger partial charge < -0.3 is 0 Å². The molecule has 3 aromatic rings. The van der Waals surface area contributed by atoms with Gasteiger partial charge in [0, 0.05) is 15.6 Å². The van der Waals surface area contributed by atoms with Gasteiger partial charge in [-0.25, -0.2) is 0 Å². The summed E-state index contributed by atoms with van der Waals surface area (Å²) in [5, 5.41) is 0.713. The van der Waals surface area contributed by atoms with Crippen molar-refractivity contribution in [3.8, 4) is 11.1 Å². The lowest BCUT2D eigenvalue weighted by atomic mass is 10.1. The number of rotatable bonds is 2. The Kier molecular flexibility index (Phi) is 3.62. The Balaban J connectivity index is 2.42. The molecule has 0 radical (unpaired) electrons. The van der Waals surface area contributed by atoms with Crippen LogP contribution in [0.15, 0.2) is 35.2 Å². The second kappa shape index (κ2) is 5.19. The highest BCUT2D eigenvalue weighted by molar-refractivity contribution is 7.86. The van der Waals surface area contributed by atoms with Crippen molar-refractivity contribution in [2.24, 2.45) is 0 Å². The molecule has 0 amide bonds. The fourth-order valence-corrected chi connectivity index (χ4v) is 4.01. The number of hydrogen-bond acceptors (Lipinski definition) is 5. The van der Waals surface area contributed by atoms with Gasteiger partial charge in [-0.2, -0.15) is 17.2 Å². The fraction of sp³-hybridized carbons (Fsp3) is 0. The van der Waals surface area contributed by atoms with Crippen LogP contribution in [0.4, 0.5) is 0 Å². The maximum absolute atomic E-state index is 11.7. The van der Waals surface area contributed by atoms with Crippen LogP contribution in [0, 0.1) is 0 Å². The van der Waals surface area contributed by atoms with E-state index in [0.29, 0.717) is 21.1 Å². The van der Waals surface area contributed by atoms with Gasteiger partial charge in [-0.15, -0.1) is 0 Å². The molecule has 21 heavy (non-hydrogen) atoms. The molecule has 0 aliphatic carbocycles. The van der Waals surface area contributed by atoms with Gasteiger partial charge in [0.25, 0.3) is 10.1 Å². The standard InChI is InChI=1S/C12H6Cl2N2O3S2/c13-7-3-6(4-8(14)5-7)9-1-2-10-11(16-20-15-10)12(9)21(17,18)19/h1-5H,(H,17,18,19). The van der Waals surface area contributed by atoms with Gasteiger partial charge in [0.05, 0.1) is 11.7 Å². The van der Waals surface area contributed by atoms with E-state index in [4.69, 9.17) is 23.2 Å². The summed E-state index contributed by atoms with van der Waals surface area (Å²) in [6.45, 7) is 0. The van der Waals surface area contributed by atoms with E-state index in [-0.39, 0.29) is 16.0 Å². The minimum Gasteiger partial charge on any atom is -0.282 e. The van der Waals surface area contributed by atoms with Gasteiger partial charge in [-0.05, 0) is 29.8 Å². The number of nitrogens with zero attached hydrogens (tertiary/aromatic N) is 2. The molecule has 0 saturated heterocycles. The van der Waals surface area contributed by atoms with E-state index in [1.807, 2.05) is 0 Å². The van der Waals surface area contributed by atoms with E-state index in [2.05, 4.69) is 8.75 Å². The van der Waals surface area contributed by atoms with Gasteiger partial charge in [-0.1, -0.05) is 29.3 Å². The van der Waals surface area contributed by atoms with E-state index < -0.39 is 10.1 Å². The summed E-state index contributed by atoms with van der Waals surface area (Å²) in [5.74, 6) is 0. The van der Waals surface area contributed by atoms with Crippen LogP contribution in [-0.2, 0) is 10.1 Å². The molecule has 5 nitrogen and oxygen atoms in total. The van der Waals surface area contributed by atoms with Gasteiger partial charge in [-0.3, -0.25) is 4.55 Å². The molecule has 0 aliphatic heterocycles. The molecule has 1 N–H and O–H groups in total. The minimum atomic E-state index is -4.49. The Morgan fingerprint density at radius 3 is 2.33 bits per heavy atom. The molecule has 2 aromatic carbocycles. The summed E-state index contributed by atoms with van der Waals surface area (Å²) < 4.78 is 40.9. The highest BCUT2D eigenvalue weighted by Crippen LogP contribution is 2.35. The zero-order valence-electron chi connectivity index (χ0n) is 10.1. The molecule has 108 valence electrons. The Bertz CT molecular complexity index is 934. The van der Waals surface area contributed by atoms with Gasteiger partial charge in [0.15, 0.2) is 0 Å². The predicted octanol–water partition coefficient (Wildman–Crippen LogP) is 3.91. The first-order valence-corrected chi connectivity index (χ1v) is 8.48. The second-order valence-electron chi connectivity index (χ2n) is 4.21. The molecule has 0 spiro atoms. The maximum atomic E-state index is 11.7. The van der Waals surface area contributed by atoms with E-state index >= 15 is 0 Å². The van der Waals surface area contributed by atoms with Crippen LogP contribution in [-0.4, -0.2) is 21.7 Å². The van der Waals surface area contributed by atoms with Crippen molar-refractivity contribution in [3.05, 3.63) is 40.4 Å². The smallest absolute Gasteiger partial charge is 0.282 e. The molecular formula is C12H6Cl2N2O3S2. The third-order valence-corrected chi connectivity index (χ3v) is 4.72. The number of benzene rings is 2. The summed E-state index contributed by atoms with van der Waals surface area (Å²) in [7, 11) is -4.49. The second-order valence-corrected chi connectivity index (χ2v) is 6.97. The van der Waals surface area contributed by atoms with Gasteiger partial charge in [0.2, 0.25) is 0 Å². The zero-order chi connectivity index (χ0) is 15.2. The number of halogens is 2. The van der Waals surface area contributed by atoms with Crippen LogP contribution < -0.4 is 0 Å². The number of aromatic nitrogens is 2. The first kappa shape index (κ1) is 14.7. The van der Waals surface area contributed by atoms with Crippen molar-refractivity contribution in [2.75, 3.05) is 0 Å². The molecule has 0 fully saturated rings. The SMILES string of the molecule is O=S(=O)(O)c1c(-c2cc(Cl)cc(Cl)c2)ccc2nsnc12. The van der Waals surface area contributed by atoms with Crippen LogP contribution >= 0.6 is 34.9 Å². The molecular weight excluding hydrogens is 355 g/mol. The molecule has 3 rings (SSSR count). The molecule has 0 saturated carbocycles. The number of fused-ring (bicyclic) bond motifs is 1. The van der Waals surface area contributed by atoms with Crippen molar-refractivity contribution >= 4 is 56.1 Å². The lowest BCUT2D eigenvalue weighted by Gasteiger charge is -2.09. The monoisotopic (exact) mass is 360 g/mol. The van der Waals surface area contributed by atoms with Crippen molar-refractivity contribution < 1.29 is 13.0 Å². The van der Waals surface area contributed by atoms with Crippen LogP contribution in [0.5, 0.6) is 0 Å². The molecule has 9 heteroatoms. The molecule has 0 bridgehead atoms. The highest BCUT2D eigenvalue weighted by Gasteiger charge is 2.23. The summed E-state index contributed by atoms with van der Waals surface area (Å²) in [5.41, 5.74) is 1.25. The lowest BCUT2D eigenvalue weighted by molar-refractivity contribution is 0.484. The Morgan fingerprint density at radius 2 is 1.71 bits per heavy atom. The van der Waals surface area contributed by atoms with E-state index in [9.17, 15) is 13.0 Å². The zero-order valence-corrected chi connectivity index (χ0v) is 13.3. The van der Waals surface area contributed by atoms with Crippen molar-refractivity contribution in [1.29, 1.82) is 0 Å². The van der Waals surface area contributed by atoms with Crippen molar-refractivity contribution in [1.82, 2.24) is 8.75 Å². The summed E-state index contributed by atoms with van der Waals surface area (Å²) in [6.07, 6.45) is 0. The average molecular weight is 361 g/mol. The highest BCUT2D eigenvalue weighted by atomic mass is 35.5. The number of hydrogen-bond donors (Lipinski definition) is 1. The normalized spacial score (nSPS) is 12.0. The quantitative estimate of drug-likeness (QED) is 0.700. The summed E-state index contributed by atoms with van der Waals surface area (Å²) in [4.78, 5) is -0.299. The van der Waals surface area contributed by atoms with E-state index in [1.165, 1.54) is 12.1 Å². The summed E-state index contributed by atoms with van der Waals surface area (Å²) >= 11 is 12.7. The minimum absolute atomic E-state index is 0.121. The summed E-state index contributed by atoms with van der Waals surface area (Å²) in [6, 6.07) is 7.81. The van der Waals surface area contributed by atoms with Crippen LogP contribution in [0.3, 0.4) is 0 Å². The predicted molar refractivity (Wildman–Crippen MR) is 82.7 cm³/mol. The Labute approximate surface area is 134 Å². The Morgan fingerprint density at radius 1 is 1.05 bits per heavy atom. The molecule has 1 heterocycles. The first-order chi connectivity index (χ1) is 9.86. The van der Waals surface area contributed by atoms with E-state index in [0.717, 1.165) is 11.7 Å². The van der Waals surface area contributed by atoms with Crippen LogP contribution in [0.1, 0.15) is 0 Å². The maximum Gasteiger partial charge on any atom is 0.297 e. The molecule has 0 aliphatic rings. The van der Waals surface area contributed by atoms with Gasteiger partial charge in [0.1, 0.15) is 15.9 Å². The molecule has 0 unspecified atom stereocenters. The molecule has 1 aromatic heterocycles.